The molecule has 4 aliphatic rings. The Morgan fingerprint density at radius 3 is 1.21 bits per heavy atom. The first kappa shape index (κ1) is 71.9. The summed E-state index contributed by atoms with van der Waals surface area (Å²) in [6.45, 7) is 6.18. The Morgan fingerprint density at radius 2 is 0.925 bits per heavy atom. The number of carbonyl (C=O) groups is 1. The molecule has 442 valence electrons. The number of H-pyrrole nitrogens is 3. The van der Waals surface area contributed by atoms with E-state index in [1.54, 1.807) is 0 Å². The Labute approximate surface area is 479 Å². The maximum Gasteiger partial charge on any atom is 0.351 e. The number of aromatic amines is 3. The average Bonchev–Trinajstić information content (AvgIpc) is 4.01. The summed E-state index contributed by atoms with van der Waals surface area (Å²) in [4.78, 5) is 101. The number of aldehydes is 1. The Bertz CT molecular complexity index is 3200. The molecule has 0 spiro atoms. The number of alkyl halides is 4. The van der Waals surface area contributed by atoms with Gasteiger partial charge in [-0.1, -0.05) is 75.2 Å². The first-order chi connectivity index (χ1) is 35.8. The van der Waals surface area contributed by atoms with Crippen LogP contribution in [-0.4, -0.2) is 134 Å². The number of hydrogen-bond acceptors (Lipinski definition) is 18. The minimum atomic E-state index is -1.67. The first-order valence-corrected chi connectivity index (χ1v) is 24.6. The molecule has 4 aromatic heterocycles. The second kappa shape index (κ2) is 29.1. The summed E-state index contributed by atoms with van der Waals surface area (Å²) in [5, 5.41) is 35.4. The Hall–Kier alpha value is -6.09. The highest BCUT2D eigenvalue weighted by Crippen LogP contribution is 2.46. The normalized spacial score (nSPS) is 32.5. The van der Waals surface area contributed by atoms with Crippen molar-refractivity contribution < 1.29 is 44.2 Å². The number of halogens is 4. The van der Waals surface area contributed by atoms with E-state index < -0.39 is 134 Å². The standard InChI is InChI=1S/C13H15ClN2O3.C12H15ClN2O4.C11H12ClN3O4.C11H11ClN2O5.4CH4/c1-4-13(5-2)8(3)10(14)11(19-13)16-7-6-9(17)15-12(16)18;1-3-12(6-16)7(2)9(13)10(19-12)15-5-4-8(17)14-11(15)18;1-2-11(5-16)8(17)7(12)9(19-11)15-4-3-6(13)14-10(15)18;1-2-11(5-15)8(17)7(12)9(19-11)14-4-3-6(16)13-10(14)18;;;;/h1,6-8,10-11H,5H2,2-3H3,(H,15,17,18);4-7,9-10H,3H2,1-2H3,(H,14,17,18);1,3-4,7-9,16-17H,5H2,(H2,13,14,18);1,3-4,7-9,15,17H,5H2,(H,13,16,18);4*1H4/t8-,10+,11+,13+;7-,9+,10+,12-;2*7-,8+,9-,11-;;;;/m0011..../s1. The van der Waals surface area contributed by atoms with E-state index in [0.717, 1.165) is 21.5 Å². The fourth-order valence-corrected chi connectivity index (χ4v) is 10.1. The third-order valence-corrected chi connectivity index (χ3v) is 15.5. The van der Waals surface area contributed by atoms with Gasteiger partial charge in [0.1, 0.15) is 40.0 Å². The summed E-state index contributed by atoms with van der Waals surface area (Å²) in [7, 11) is 0. The largest absolute Gasteiger partial charge is 0.392 e. The average molecular weight is 1210 g/mol. The molecule has 80 heavy (non-hydrogen) atoms. The summed E-state index contributed by atoms with van der Waals surface area (Å²) >= 11 is 24.6. The van der Waals surface area contributed by atoms with E-state index in [4.69, 9.17) is 90.4 Å². The number of carbonyl (C=O) groups excluding carboxylic acids is 1. The van der Waals surface area contributed by atoms with E-state index in [0.29, 0.717) is 12.8 Å². The second-order valence-corrected chi connectivity index (χ2v) is 19.6. The van der Waals surface area contributed by atoms with Crippen molar-refractivity contribution in [1.82, 2.24) is 38.2 Å². The summed E-state index contributed by atoms with van der Waals surface area (Å²) < 4.78 is 26.8. The predicted octanol–water partition coefficient (Wildman–Crippen LogP) is 1.38. The number of nitrogen functional groups attached to an aromatic ring is 1. The molecule has 25 nitrogen and oxygen atoms in total. The maximum atomic E-state index is 11.8. The van der Waals surface area contributed by atoms with Gasteiger partial charge in [0.05, 0.1) is 24.0 Å². The molecule has 0 aromatic carbocycles. The predicted molar refractivity (Wildman–Crippen MR) is 301 cm³/mol. The van der Waals surface area contributed by atoms with E-state index in [2.05, 4.69) is 32.7 Å². The van der Waals surface area contributed by atoms with E-state index in [-0.39, 0.29) is 47.4 Å². The number of nitrogens with zero attached hydrogens (tertiary/aromatic N) is 5. The molecule has 8 rings (SSSR count). The van der Waals surface area contributed by atoms with E-state index in [9.17, 15) is 58.8 Å². The van der Waals surface area contributed by atoms with Crippen molar-refractivity contribution in [3.05, 3.63) is 122 Å². The molecular formula is C51H69Cl4N9O16. The number of nitrogens with one attached hydrogen (secondary N) is 3. The van der Waals surface area contributed by atoms with Crippen LogP contribution < -0.4 is 45.2 Å². The third-order valence-electron chi connectivity index (χ3n) is 13.4. The third kappa shape index (κ3) is 13.8. The van der Waals surface area contributed by atoms with Gasteiger partial charge in [-0.05, 0) is 18.9 Å². The molecule has 0 aliphatic carbocycles. The highest BCUT2D eigenvalue weighted by atomic mass is 35.5. The van der Waals surface area contributed by atoms with Crippen molar-refractivity contribution in [2.75, 3.05) is 18.9 Å². The maximum absolute atomic E-state index is 11.8. The zero-order chi connectivity index (χ0) is 56.8. The van der Waals surface area contributed by atoms with Crippen LogP contribution in [0.4, 0.5) is 5.82 Å². The van der Waals surface area contributed by atoms with Gasteiger partial charge in [0.15, 0.2) is 42.4 Å². The van der Waals surface area contributed by atoms with E-state index in [1.807, 2.05) is 32.7 Å². The summed E-state index contributed by atoms with van der Waals surface area (Å²) in [6.07, 6.45) is 16.8. The number of anilines is 1. The van der Waals surface area contributed by atoms with Crippen molar-refractivity contribution in [2.24, 2.45) is 11.8 Å². The lowest BCUT2D eigenvalue weighted by atomic mass is 9.87. The molecule has 4 saturated heterocycles. The highest BCUT2D eigenvalue weighted by Gasteiger charge is 2.56. The zero-order valence-electron chi connectivity index (χ0n) is 40.7. The van der Waals surface area contributed by atoms with Crippen LogP contribution in [0.3, 0.4) is 0 Å². The second-order valence-electron chi connectivity index (χ2n) is 17.6. The van der Waals surface area contributed by atoms with Gasteiger partial charge < -0.3 is 49.9 Å². The number of nitrogens with two attached hydrogens (primary N) is 1. The van der Waals surface area contributed by atoms with Crippen LogP contribution in [0.15, 0.2) is 82.6 Å². The molecule has 0 bridgehead atoms. The number of rotatable bonds is 9. The summed E-state index contributed by atoms with van der Waals surface area (Å²) in [5.74, 6) is 6.67. The number of aliphatic hydroxyl groups excluding tert-OH is 4. The van der Waals surface area contributed by atoms with Crippen LogP contribution in [-0.2, 0) is 23.7 Å². The molecule has 29 heteroatoms. The molecule has 4 fully saturated rings. The van der Waals surface area contributed by atoms with Gasteiger partial charge in [-0.3, -0.25) is 47.6 Å². The molecule has 0 radical (unpaired) electrons. The lowest BCUT2D eigenvalue weighted by Crippen LogP contribution is -2.43. The topological polar surface area (TPSA) is 360 Å². The van der Waals surface area contributed by atoms with Crippen molar-refractivity contribution in [3.8, 4) is 37.0 Å². The van der Waals surface area contributed by atoms with Gasteiger partial charge in [0, 0.05) is 54.8 Å². The Morgan fingerprint density at radius 1 is 0.588 bits per heavy atom. The van der Waals surface area contributed by atoms with Crippen molar-refractivity contribution in [1.29, 1.82) is 0 Å². The number of aromatic nitrogens is 8. The molecular weight excluding hydrogens is 1140 g/mol. The molecule has 9 N–H and O–H groups in total. The smallest absolute Gasteiger partial charge is 0.351 e. The van der Waals surface area contributed by atoms with Crippen LogP contribution in [0.1, 0.15) is 95.2 Å². The van der Waals surface area contributed by atoms with Crippen LogP contribution in [0.2, 0.25) is 0 Å². The zero-order valence-corrected chi connectivity index (χ0v) is 43.7. The lowest BCUT2D eigenvalue weighted by Gasteiger charge is -2.25. The molecule has 8 heterocycles. The van der Waals surface area contributed by atoms with Crippen LogP contribution >= 0.6 is 46.4 Å². The van der Waals surface area contributed by atoms with Crippen molar-refractivity contribution in [2.45, 2.75) is 151 Å². The van der Waals surface area contributed by atoms with E-state index >= 15 is 0 Å². The Kier molecular flexibility index (Phi) is 26.1. The minimum Gasteiger partial charge on any atom is -0.392 e. The van der Waals surface area contributed by atoms with Gasteiger partial charge in [0.2, 0.25) is 0 Å². The molecule has 0 amide bonds. The van der Waals surface area contributed by atoms with Crippen LogP contribution in [0.5, 0.6) is 0 Å². The molecule has 16 atom stereocenters. The van der Waals surface area contributed by atoms with Gasteiger partial charge in [-0.15, -0.1) is 65.7 Å². The molecule has 4 aromatic rings. The lowest BCUT2D eigenvalue weighted by molar-refractivity contribution is -0.138. The van der Waals surface area contributed by atoms with E-state index in [1.165, 1.54) is 52.1 Å². The van der Waals surface area contributed by atoms with Gasteiger partial charge >= 0.3 is 22.8 Å². The Balaban J connectivity index is 0.000000525. The van der Waals surface area contributed by atoms with Gasteiger partial charge in [0.25, 0.3) is 16.7 Å². The first-order valence-electron chi connectivity index (χ1n) is 22.8. The highest BCUT2D eigenvalue weighted by molar-refractivity contribution is 6.22. The number of terminal acetylenes is 3. The SMILES string of the molecule is C.C.C.C.C#C[C@]1(CC)O[C@@H](n2ccc(=O)[nH]c2=O)[C@H](Cl)[C@@H]1C.C#C[C@]1(CO)O[C@@H](n2ccc(=O)[nH]c2=O)[C@H](Cl)[C@@H]1O.C#C[C@]1(CO)O[C@@H](n2ccc(N)nc2=O)[C@H](Cl)[C@@H]1O.CC[C@@]1(C=O)O[C@@H](n2ccc(=O)[nH]c2=O)[C@H](Cl)[C@@H]1C. The fourth-order valence-electron chi connectivity index (χ4n) is 8.56. The fraction of sp³-hybridized carbons (Fsp3) is 0.549. The van der Waals surface area contributed by atoms with Crippen molar-refractivity contribution in [3.63, 3.8) is 0 Å². The monoisotopic (exact) mass is 1200 g/mol. The number of aliphatic hydroxyl groups is 4. The number of hydrogen-bond donors (Lipinski definition) is 8. The van der Waals surface area contributed by atoms with Crippen LogP contribution in [0.25, 0.3) is 0 Å². The molecule has 0 saturated carbocycles. The summed E-state index contributed by atoms with van der Waals surface area (Å²) in [5.41, 5.74) is -3.84. The summed E-state index contributed by atoms with van der Waals surface area (Å²) in [6, 6.07) is 4.96. The van der Waals surface area contributed by atoms with Gasteiger partial charge in [-0.25, -0.2) is 19.2 Å². The quantitative estimate of drug-likeness (QED) is 0.0666. The van der Waals surface area contributed by atoms with Crippen LogP contribution in [0, 0.1) is 48.9 Å². The minimum absolute atomic E-state index is 0. The number of ether oxygens (including phenoxy) is 4. The molecule has 0 unspecified atom stereocenters. The molecule has 4 aliphatic heterocycles. The van der Waals surface area contributed by atoms with Crippen molar-refractivity contribution >= 4 is 58.5 Å². The van der Waals surface area contributed by atoms with Gasteiger partial charge in [-0.2, -0.15) is 4.98 Å².